The highest BCUT2D eigenvalue weighted by molar-refractivity contribution is 6.28. The quantitative estimate of drug-likeness (QED) is 0.204. The van der Waals surface area contributed by atoms with E-state index in [0.717, 1.165) is 88.4 Å². The molecular weight excluding hydrogens is 564 g/mol. The molecule has 0 fully saturated rings. The molecule has 10 rings (SSSR count). The molecule has 216 valence electrons. The highest BCUT2D eigenvalue weighted by Gasteiger charge is 2.21. The van der Waals surface area contributed by atoms with Gasteiger partial charge in [-0.2, -0.15) is 0 Å². The lowest BCUT2D eigenvalue weighted by Crippen LogP contribution is -2.09. The molecule has 0 amide bonds. The molecule has 4 heteroatoms. The van der Waals surface area contributed by atoms with Gasteiger partial charge in [0.05, 0.1) is 21.8 Å². The van der Waals surface area contributed by atoms with Gasteiger partial charge in [0.25, 0.3) is 0 Å². The summed E-state index contributed by atoms with van der Waals surface area (Å²) in [6.07, 6.45) is 0. The van der Waals surface area contributed by atoms with Crippen molar-refractivity contribution in [3.05, 3.63) is 158 Å². The van der Waals surface area contributed by atoms with E-state index in [0.29, 0.717) is 0 Å². The molecule has 46 heavy (non-hydrogen) atoms. The molecule has 0 bridgehead atoms. The van der Waals surface area contributed by atoms with Gasteiger partial charge in [-0.3, -0.25) is 0 Å². The third kappa shape index (κ3) is 3.55. The largest absolute Gasteiger partial charge is 0.456 e. The zero-order valence-corrected chi connectivity index (χ0v) is 24.7. The third-order valence-electron chi connectivity index (χ3n) is 9.18. The molecule has 4 nitrogen and oxygen atoms in total. The lowest BCUT2D eigenvalue weighted by molar-refractivity contribution is 0.664. The number of fused-ring (bicyclic) bond motifs is 11. The summed E-state index contributed by atoms with van der Waals surface area (Å²) in [7, 11) is 0. The highest BCUT2D eigenvalue weighted by Crippen LogP contribution is 2.44. The Morgan fingerprint density at radius 3 is 1.70 bits per heavy atom. The minimum absolute atomic E-state index is 0.839. The Morgan fingerprint density at radius 2 is 0.957 bits per heavy atom. The minimum atomic E-state index is 0.839. The Morgan fingerprint density at radius 1 is 0.370 bits per heavy atom. The molecule has 3 aromatic heterocycles. The van der Waals surface area contributed by atoms with E-state index >= 15 is 0 Å². The van der Waals surface area contributed by atoms with Crippen molar-refractivity contribution in [1.82, 2.24) is 4.57 Å². The molecule has 0 saturated carbocycles. The van der Waals surface area contributed by atoms with E-state index in [4.69, 9.17) is 8.83 Å². The number of aromatic nitrogens is 1. The van der Waals surface area contributed by atoms with Gasteiger partial charge in [-0.15, -0.1) is 0 Å². The number of para-hydroxylation sites is 4. The fraction of sp³-hybridized carbons (Fsp3) is 0. The zero-order valence-electron chi connectivity index (χ0n) is 24.7. The second kappa shape index (κ2) is 9.62. The van der Waals surface area contributed by atoms with Crippen molar-refractivity contribution in [3.8, 4) is 5.69 Å². The maximum absolute atomic E-state index is 6.87. The van der Waals surface area contributed by atoms with E-state index in [1.165, 1.54) is 0 Å². The lowest BCUT2D eigenvalue weighted by Gasteiger charge is -2.25. The van der Waals surface area contributed by atoms with Gasteiger partial charge < -0.3 is 18.3 Å². The van der Waals surface area contributed by atoms with E-state index in [9.17, 15) is 0 Å². The van der Waals surface area contributed by atoms with Crippen molar-refractivity contribution >= 4 is 82.7 Å². The fourth-order valence-electron chi connectivity index (χ4n) is 7.18. The summed E-state index contributed by atoms with van der Waals surface area (Å²) in [4.78, 5) is 2.29. The van der Waals surface area contributed by atoms with Crippen LogP contribution >= 0.6 is 0 Å². The summed E-state index contributed by atoms with van der Waals surface area (Å²) in [5.41, 5.74) is 10.1. The van der Waals surface area contributed by atoms with Crippen LogP contribution in [0.2, 0.25) is 0 Å². The molecule has 10 aromatic rings. The lowest BCUT2D eigenvalue weighted by atomic mass is 10.1. The van der Waals surface area contributed by atoms with Crippen LogP contribution in [0.15, 0.2) is 167 Å². The monoisotopic (exact) mass is 590 g/mol. The Hall–Kier alpha value is -6.26. The van der Waals surface area contributed by atoms with Crippen LogP contribution in [0.25, 0.3) is 71.4 Å². The van der Waals surface area contributed by atoms with Crippen molar-refractivity contribution in [2.75, 3.05) is 4.90 Å². The first-order valence-electron chi connectivity index (χ1n) is 15.5. The molecular formula is C42H26N2O2. The molecule has 0 unspecified atom stereocenters. The molecule has 0 saturated heterocycles. The number of hydrogen-bond acceptors (Lipinski definition) is 3. The number of rotatable bonds is 4. The Bertz CT molecular complexity index is 2690. The molecule has 0 spiro atoms. The van der Waals surface area contributed by atoms with Crippen LogP contribution in [0, 0.1) is 0 Å². The average molecular weight is 591 g/mol. The van der Waals surface area contributed by atoms with Crippen LogP contribution in [0.4, 0.5) is 17.1 Å². The van der Waals surface area contributed by atoms with E-state index in [1.54, 1.807) is 0 Å². The van der Waals surface area contributed by atoms with Crippen LogP contribution in [0.1, 0.15) is 0 Å². The number of benzene rings is 7. The molecule has 7 aromatic carbocycles. The standard InChI is InChI=1S/C42H26N2O2/c1-3-11-27(12-4-1)43(28-13-5-2-6-14-28)29-19-21-30(22-20-29)44-35-17-9-7-15-33(35)39-36(44)25-23-31-32-24-26-38-40(42(32)46-41(31)39)34-16-8-10-18-37(34)45-38/h1-26H. The smallest absolute Gasteiger partial charge is 0.147 e. The second-order valence-corrected chi connectivity index (χ2v) is 11.7. The molecule has 0 aliphatic rings. The number of anilines is 3. The number of furan rings is 2. The van der Waals surface area contributed by atoms with Gasteiger partial charge in [-0.05, 0) is 84.9 Å². The zero-order chi connectivity index (χ0) is 30.2. The summed E-state index contributed by atoms with van der Waals surface area (Å²) in [6.45, 7) is 0. The van der Waals surface area contributed by atoms with Gasteiger partial charge >= 0.3 is 0 Å². The summed E-state index contributed by atoms with van der Waals surface area (Å²) in [5.74, 6) is 0. The van der Waals surface area contributed by atoms with Gasteiger partial charge in [0.1, 0.15) is 22.3 Å². The van der Waals surface area contributed by atoms with Crippen molar-refractivity contribution in [1.29, 1.82) is 0 Å². The van der Waals surface area contributed by atoms with Crippen LogP contribution < -0.4 is 4.90 Å². The van der Waals surface area contributed by atoms with Gasteiger partial charge in [0.15, 0.2) is 0 Å². The summed E-state index contributed by atoms with van der Waals surface area (Å²) in [6, 6.07) is 55.3. The second-order valence-electron chi connectivity index (χ2n) is 11.7. The van der Waals surface area contributed by atoms with Crippen molar-refractivity contribution < 1.29 is 8.83 Å². The number of hydrogen-bond donors (Lipinski definition) is 0. The van der Waals surface area contributed by atoms with E-state index in [2.05, 4.69) is 155 Å². The van der Waals surface area contributed by atoms with Gasteiger partial charge in [-0.1, -0.05) is 72.8 Å². The van der Waals surface area contributed by atoms with Crippen molar-refractivity contribution in [2.24, 2.45) is 0 Å². The van der Waals surface area contributed by atoms with E-state index in [1.807, 2.05) is 12.1 Å². The molecule has 3 heterocycles. The van der Waals surface area contributed by atoms with Crippen LogP contribution in [-0.2, 0) is 0 Å². The highest BCUT2D eigenvalue weighted by atomic mass is 16.3. The molecule has 0 N–H and O–H groups in total. The van der Waals surface area contributed by atoms with Crippen LogP contribution in [0.5, 0.6) is 0 Å². The summed E-state index contributed by atoms with van der Waals surface area (Å²) >= 11 is 0. The molecule has 0 radical (unpaired) electrons. The Balaban J connectivity index is 1.19. The van der Waals surface area contributed by atoms with E-state index < -0.39 is 0 Å². The fourth-order valence-corrected chi connectivity index (χ4v) is 7.18. The third-order valence-corrected chi connectivity index (χ3v) is 9.18. The molecule has 0 atom stereocenters. The van der Waals surface area contributed by atoms with Crippen molar-refractivity contribution in [2.45, 2.75) is 0 Å². The van der Waals surface area contributed by atoms with Crippen LogP contribution in [-0.4, -0.2) is 4.57 Å². The Kier molecular flexibility index (Phi) is 5.25. The van der Waals surface area contributed by atoms with Gasteiger partial charge in [0.2, 0.25) is 0 Å². The van der Waals surface area contributed by atoms with Gasteiger partial charge in [-0.25, -0.2) is 0 Å². The summed E-state index contributed by atoms with van der Waals surface area (Å²) in [5, 5.41) is 6.58. The van der Waals surface area contributed by atoms with Gasteiger partial charge in [0, 0.05) is 44.3 Å². The Labute approximate surface area is 263 Å². The SMILES string of the molecule is c1ccc(N(c2ccccc2)c2ccc(-n3c4ccccc4c4c5oc6c(ccc7oc8ccccc8c76)c5ccc43)cc2)cc1. The average Bonchev–Trinajstić information content (AvgIpc) is 3.79. The van der Waals surface area contributed by atoms with Crippen molar-refractivity contribution in [3.63, 3.8) is 0 Å². The molecule has 0 aliphatic heterocycles. The predicted molar refractivity (Wildman–Crippen MR) is 190 cm³/mol. The maximum Gasteiger partial charge on any atom is 0.147 e. The first kappa shape index (κ1) is 25.1. The normalized spacial score (nSPS) is 11.9. The number of nitrogens with zero attached hydrogens (tertiary/aromatic N) is 2. The predicted octanol–water partition coefficient (Wildman–Crippen LogP) is 12.1. The first-order valence-corrected chi connectivity index (χ1v) is 15.5. The first-order chi connectivity index (χ1) is 22.8. The van der Waals surface area contributed by atoms with E-state index in [-0.39, 0.29) is 0 Å². The topological polar surface area (TPSA) is 34.5 Å². The van der Waals surface area contributed by atoms with Crippen LogP contribution in [0.3, 0.4) is 0 Å². The maximum atomic E-state index is 6.87. The molecule has 0 aliphatic carbocycles. The minimum Gasteiger partial charge on any atom is -0.456 e. The summed E-state index contributed by atoms with van der Waals surface area (Å²) < 4.78 is 15.4.